The zero-order chi connectivity index (χ0) is 23.8. The number of carbonyl (C=O) groups excluding carboxylic acids is 3. The summed E-state index contributed by atoms with van der Waals surface area (Å²) in [5.41, 5.74) is 4.48. The van der Waals surface area contributed by atoms with Gasteiger partial charge in [0.05, 0.1) is 12.8 Å². The van der Waals surface area contributed by atoms with Gasteiger partial charge in [0.2, 0.25) is 0 Å². The predicted molar refractivity (Wildman–Crippen MR) is 128 cm³/mol. The molecule has 0 spiro atoms. The second-order valence-corrected chi connectivity index (χ2v) is 8.24. The van der Waals surface area contributed by atoms with Crippen molar-refractivity contribution in [3.8, 4) is 11.5 Å². The first-order valence-corrected chi connectivity index (χ1v) is 11.2. The normalized spacial score (nSPS) is 12.8. The molecule has 3 amide bonds. The first-order valence-electron chi connectivity index (χ1n) is 10.4. The molecule has 0 radical (unpaired) electrons. The van der Waals surface area contributed by atoms with Crippen LogP contribution in [-0.4, -0.2) is 43.2 Å². The van der Waals surface area contributed by atoms with Crippen LogP contribution in [0.1, 0.15) is 30.9 Å². The Balaban J connectivity index is 1.55. The molecule has 0 unspecified atom stereocenters. The van der Waals surface area contributed by atoms with E-state index in [-0.39, 0.29) is 18.6 Å². The standard InChI is InChI=1S/C23H25BrN4O5/c1-3-32-20-11-15(12-25-28-23(31)22(30)27-16-5-6-16)4-9-19(20)33-13-21(29)26-17-7-8-18(24)14(2)10-17/h4,7-12,16H,3,5-6,13H2,1-2H3,(H,26,29)(H,27,30)(H,28,31)/b25-12-. The number of ether oxygens (including phenoxy) is 2. The SMILES string of the molecule is CCOc1cc(/C=N\NC(=O)C(=O)NC2CC2)ccc1OCC(=O)Nc1ccc(Br)c(C)c1. The summed E-state index contributed by atoms with van der Waals surface area (Å²) in [6.45, 7) is 3.95. The molecule has 0 aliphatic heterocycles. The van der Waals surface area contributed by atoms with Gasteiger partial charge < -0.3 is 20.1 Å². The van der Waals surface area contributed by atoms with E-state index < -0.39 is 11.8 Å². The maximum Gasteiger partial charge on any atom is 0.329 e. The van der Waals surface area contributed by atoms with E-state index in [0.29, 0.717) is 29.4 Å². The molecule has 9 nitrogen and oxygen atoms in total. The molecule has 1 aliphatic rings. The molecule has 1 fully saturated rings. The van der Waals surface area contributed by atoms with Gasteiger partial charge in [0.15, 0.2) is 18.1 Å². The fourth-order valence-corrected chi connectivity index (χ4v) is 3.00. The fraction of sp³-hybridized carbons (Fsp3) is 0.304. The Labute approximate surface area is 200 Å². The summed E-state index contributed by atoms with van der Waals surface area (Å²) in [4.78, 5) is 35.6. The van der Waals surface area contributed by atoms with Crippen LogP contribution in [0.15, 0.2) is 46.0 Å². The van der Waals surface area contributed by atoms with Crippen molar-refractivity contribution in [3.05, 3.63) is 52.0 Å². The van der Waals surface area contributed by atoms with Crippen molar-refractivity contribution in [3.63, 3.8) is 0 Å². The summed E-state index contributed by atoms with van der Waals surface area (Å²) < 4.78 is 12.2. The molecule has 2 aromatic rings. The number of rotatable bonds is 9. The van der Waals surface area contributed by atoms with Crippen molar-refractivity contribution >= 4 is 45.6 Å². The topological polar surface area (TPSA) is 118 Å². The molecule has 0 aromatic heterocycles. The number of carbonyl (C=O) groups is 3. The Kier molecular flexibility index (Phi) is 8.42. The molecule has 0 heterocycles. The number of hydrazone groups is 1. The smallest absolute Gasteiger partial charge is 0.329 e. The zero-order valence-corrected chi connectivity index (χ0v) is 19.9. The second kappa shape index (κ2) is 11.5. The second-order valence-electron chi connectivity index (χ2n) is 7.39. The minimum atomic E-state index is -0.824. The summed E-state index contributed by atoms with van der Waals surface area (Å²) in [6, 6.07) is 10.6. The van der Waals surface area contributed by atoms with E-state index in [1.807, 2.05) is 26.0 Å². The number of amides is 3. The molecule has 0 bridgehead atoms. The Morgan fingerprint density at radius 3 is 2.58 bits per heavy atom. The number of aryl methyl sites for hydroxylation is 1. The molecule has 0 saturated heterocycles. The fourth-order valence-electron chi connectivity index (χ4n) is 2.75. The molecule has 1 saturated carbocycles. The van der Waals surface area contributed by atoms with Gasteiger partial charge >= 0.3 is 11.8 Å². The van der Waals surface area contributed by atoms with Gasteiger partial charge in [-0.15, -0.1) is 0 Å². The van der Waals surface area contributed by atoms with Crippen LogP contribution in [0.5, 0.6) is 11.5 Å². The molecule has 3 rings (SSSR count). The molecule has 2 aromatic carbocycles. The Bertz CT molecular complexity index is 1070. The minimum absolute atomic E-state index is 0.0922. The van der Waals surface area contributed by atoms with Crippen molar-refractivity contribution in [2.45, 2.75) is 32.7 Å². The number of hydrogen-bond acceptors (Lipinski definition) is 6. The van der Waals surface area contributed by atoms with Crippen LogP contribution >= 0.6 is 15.9 Å². The first kappa shape index (κ1) is 24.2. The number of nitrogens with zero attached hydrogens (tertiary/aromatic N) is 1. The number of benzene rings is 2. The maximum atomic E-state index is 12.3. The molecule has 1 aliphatic carbocycles. The van der Waals surface area contributed by atoms with Crippen LogP contribution in [0, 0.1) is 6.92 Å². The van der Waals surface area contributed by atoms with E-state index >= 15 is 0 Å². The van der Waals surface area contributed by atoms with Crippen molar-refractivity contribution in [1.29, 1.82) is 0 Å². The zero-order valence-electron chi connectivity index (χ0n) is 18.3. The van der Waals surface area contributed by atoms with Gasteiger partial charge in [0, 0.05) is 16.2 Å². The third-order valence-corrected chi connectivity index (χ3v) is 5.46. The lowest BCUT2D eigenvalue weighted by atomic mass is 10.2. The van der Waals surface area contributed by atoms with Gasteiger partial charge in [0.25, 0.3) is 5.91 Å². The monoisotopic (exact) mass is 516 g/mol. The number of anilines is 1. The highest BCUT2D eigenvalue weighted by Gasteiger charge is 2.26. The van der Waals surface area contributed by atoms with E-state index in [1.54, 1.807) is 24.3 Å². The Morgan fingerprint density at radius 2 is 1.88 bits per heavy atom. The lowest BCUT2D eigenvalue weighted by molar-refractivity contribution is -0.139. The molecule has 33 heavy (non-hydrogen) atoms. The van der Waals surface area contributed by atoms with Crippen LogP contribution in [0.3, 0.4) is 0 Å². The Morgan fingerprint density at radius 1 is 1.09 bits per heavy atom. The van der Waals surface area contributed by atoms with Gasteiger partial charge in [-0.2, -0.15) is 5.10 Å². The van der Waals surface area contributed by atoms with Crippen LogP contribution < -0.4 is 25.5 Å². The average molecular weight is 517 g/mol. The Hall–Kier alpha value is -3.40. The number of hydrogen-bond donors (Lipinski definition) is 3. The van der Waals surface area contributed by atoms with Crippen molar-refractivity contribution in [1.82, 2.24) is 10.7 Å². The molecule has 0 atom stereocenters. The maximum absolute atomic E-state index is 12.3. The highest BCUT2D eigenvalue weighted by atomic mass is 79.9. The number of halogens is 1. The summed E-state index contributed by atoms with van der Waals surface area (Å²) in [6.07, 6.45) is 3.17. The van der Waals surface area contributed by atoms with E-state index in [1.165, 1.54) is 6.21 Å². The summed E-state index contributed by atoms with van der Waals surface area (Å²) in [7, 11) is 0. The van der Waals surface area contributed by atoms with E-state index in [0.717, 1.165) is 22.9 Å². The highest BCUT2D eigenvalue weighted by Crippen LogP contribution is 2.28. The number of nitrogens with one attached hydrogen (secondary N) is 3. The van der Waals surface area contributed by atoms with Crippen LogP contribution in [-0.2, 0) is 14.4 Å². The van der Waals surface area contributed by atoms with Gasteiger partial charge in [-0.3, -0.25) is 14.4 Å². The molecule has 3 N–H and O–H groups in total. The quantitative estimate of drug-likeness (QED) is 0.269. The van der Waals surface area contributed by atoms with Crippen molar-refractivity contribution in [2.24, 2.45) is 5.10 Å². The molecule has 10 heteroatoms. The lowest BCUT2D eigenvalue weighted by Crippen LogP contribution is -2.38. The predicted octanol–water partition coefficient (Wildman–Crippen LogP) is 2.90. The third kappa shape index (κ3) is 7.60. The van der Waals surface area contributed by atoms with Gasteiger partial charge in [0.1, 0.15) is 0 Å². The largest absolute Gasteiger partial charge is 0.490 e. The van der Waals surface area contributed by atoms with Gasteiger partial charge in [-0.1, -0.05) is 15.9 Å². The van der Waals surface area contributed by atoms with E-state index in [2.05, 4.69) is 37.1 Å². The summed E-state index contributed by atoms with van der Waals surface area (Å²) in [5, 5.41) is 9.18. The van der Waals surface area contributed by atoms with Crippen molar-refractivity contribution < 1.29 is 23.9 Å². The van der Waals surface area contributed by atoms with Crippen LogP contribution in [0.4, 0.5) is 5.69 Å². The minimum Gasteiger partial charge on any atom is -0.490 e. The van der Waals surface area contributed by atoms with Crippen LogP contribution in [0.25, 0.3) is 0 Å². The molecular weight excluding hydrogens is 492 g/mol. The molecular formula is C23H25BrN4O5. The third-order valence-electron chi connectivity index (χ3n) is 4.57. The van der Waals surface area contributed by atoms with Gasteiger partial charge in [-0.05, 0) is 74.2 Å². The summed E-state index contributed by atoms with van der Waals surface area (Å²) in [5.74, 6) is -1.02. The average Bonchev–Trinajstić information content (AvgIpc) is 3.60. The summed E-state index contributed by atoms with van der Waals surface area (Å²) >= 11 is 3.43. The van der Waals surface area contributed by atoms with E-state index in [9.17, 15) is 14.4 Å². The lowest BCUT2D eigenvalue weighted by Gasteiger charge is -2.13. The van der Waals surface area contributed by atoms with Gasteiger partial charge in [-0.25, -0.2) is 5.43 Å². The first-order chi connectivity index (χ1) is 15.9. The van der Waals surface area contributed by atoms with E-state index in [4.69, 9.17) is 9.47 Å². The molecule has 174 valence electrons. The van der Waals surface area contributed by atoms with Crippen LogP contribution in [0.2, 0.25) is 0 Å². The van der Waals surface area contributed by atoms with Crippen molar-refractivity contribution in [2.75, 3.05) is 18.5 Å². The highest BCUT2D eigenvalue weighted by molar-refractivity contribution is 9.10.